The maximum absolute atomic E-state index is 12.2. The van der Waals surface area contributed by atoms with E-state index in [1.54, 1.807) is 13.2 Å². The Balaban J connectivity index is 1.47. The van der Waals surface area contributed by atoms with Crippen LogP contribution in [0.2, 0.25) is 5.02 Å². The van der Waals surface area contributed by atoms with Crippen LogP contribution < -0.4 is 15.4 Å². The lowest BCUT2D eigenvalue weighted by molar-refractivity contribution is 0.304. The maximum Gasteiger partial charge on any atom is 0.229 e. The SMILES string of the molecule is Cc1cc(Nc2ncc(Cl)c(Nc3cn(C)nc3S(C)(=O)=O)n2)c(OC2CC2)cc1C1=C(Cl)CN(C)CC1. The van der Waals surface area contributed by atoms with Crippen LogP contribution in [0.15, 0.2) is 34.6 Å². The maximum atomic E-state index is 12.2. The number of anilines is 4. The summed E-state index contributed by atoms with van der Waals surface area (Å²) in [5.41, 5.74) is 4.25. The zero-order chi connectivity index (χ0) is 27.2. The number of ether oxygens (including phenoxy) is 1. The summed E-state index contributed by atoms with van der Waals surface area (Å²) in [5.74, 6) is 1.21. The van der Waals surface area contributed by atoms with E-state index in [1.807, 2.05) is 19.1 Å². The van der Waals surface area contributed by atoms with Gasteiger partial charge in [-0.15, -0.1) is 0 Å². The molecule has 1 aromatic carbocycles. The first-order valence-electron chi connectivity index (χ1n) is 12.2. The average Bonchev–Trinajstić information content (AvgIpc) is 3.57. The lowest BCUT2D eigenvalue weighted by atomic mass is 9.94. The van der Waals surface area contributed by atoms with Gasteiger partial charge in [-0.2, -0.15) is 10.1 Å². The van der Waals surface area contributed by atoms with Gasteiger partial charge >= 0.3 is 0 Å². The molecule has 0 spiro atoms. The van der Waals surface area contributed by atoms with Crippen molar-refractivity contribution in [2.75, 3.05) is 37.0 Å². The molecule has 13 heteroatoms. The Morgan fingerprint density at radius 2 is 1.89 bits per heavy atom. The van der Waals surface area contributed by atoms with Gasteiger partial charge in [-0.3, -0.25) is 4.68 Å². The summed E-state index contributed by atoms with van der Waals surface area (Å²) in [6, 6.07) is 4.05. The van der Waals surface area contributed by atoms with Crippen molar-refractivity contribution < 1.29 is 13.2 Å². The molecule has 0 bridgehead atoms. The van der Waals surface area contributed by atoms with Crippen LogP contribution in [0, 0.1) is 6.92 Å². The molecule has 1 fully saturated rings. The average molecular weight is 579 g/mol. The molecular weight excluding hydrogens is 549 g/mol. The lowest BCUT2D eigenvalue weighted by Crippen LogP contribution is -2.26. The highest BCUT2D eigenvalue weighted by molar-refractivity contribution is 7.90. The highest BCUT2D eigenvalue weighted by atomic mass is 35.5. The Bertz CT molecular complexity index is 1530. The molecular formula is C25H29Cl2N7O3S. The number of aromatic nitrogens is 4. The van der Waals surface area contributed by atoms with Crippen LogP contribution in [0.1, 0.15) is 30.4 Å². The third-order valence-corrected chi connectivity index (χ3v) is 7.97. The highest BCUT2D eigenvalue weighted by Gasteiger charge is 2.27. The van der Waals surface area contributed by atoms with Crippen LogP contribution in [0.4, 0.5) is 23.1 Å². The second-order valence-corrected chi connectivity index (χ2v) is 12.6. The summed E-state index contributed by atoms with van der Waals surface area (Å²) >= 11 is 13.0. The molecule has 38 heavy (non-hydrogen) atoms. The van der Waals surface area contributed by atoms with Crippen molar-refractivity contribution in [1.29, 1.82) is 0 Å². The van der Waals surface area contributed by atoms with Gasteiger partial charge in [0.05, 0.1) is 23.7 Å². The summed E-state index contributed by atoms with van der Waals surface area (Å²) in [6.45, 7) is 3.71. The molecule has 3 heterocycles. The molecule has 0 saturated heterocycles. The predicted octanol–water partition coefficient (Wildman–Crippen LogP) is 4.89. The van der Waals surface area contributed by atoms with Gasteiger partial charge in [0.15, 0.2) is 20.7 Å². The molecule has 202 valence electrons. The number of rotatable bonds is 8. The first-order chi connectivity index (χ1) is 18.0. The van der Waals surface area contributed by atoms with Gasteiger partial charge in [0.25, 0.3) is 0 Å². The molecule has 0 unspecified atom stereocenters. The fourth-order valence-corrected chi connectivity index (χ4v) is 5.61. The first-order valence-corrected chi connectivity index (χ1v) is 14.8. The van der Waals surface area contributed by atoms with Gasteiger partial charge in [0, 0.05) is 37.6 Å². The van der Waals surface area contributed by atoms with Crippen molar-refractivity contribution in [2.45, 2.75) is 37.3 Å². The number of likely N-dealkylation sites (N-methyl/N-ethyl adjacent to an activating group) is 1. The third kappa shape index (κ3) is 5.90. The molecule has 1 aliphatic heterocycles. The molecule has 2 N–H and O–H groups in total. The van der Waals surface area contributed by atoms with Gasteiger partial charge in [0.2, 0.25) is 5.95 Å². The largest absolute Gasteiger partial charge is 0.488 e. The number of aryl methyl sites for hydroxylation is 2. The number of halogens is 2. The topological polar surface area (TPSA) is 114 Å². The van der Waals surface area contributed by atoms with Crippen LogP contribution in [-0.4, -0.2) is 65.6 Å². The van der Waals surface area contributed by atoms with Gasteiger partial charge < -0.3 is 20.3 Å². The summed E-state index contributed by atoms with van der Waals surface area (Å²) in [4.78, 5) is 11.0. The Morgan fingerprint density at radius 3 is 2.58 bits per heavy atom. The second-order valence-electron chi connectivity index (χ2n) is 9.79. The fourth-order valence-electron chi connectivity index (χ4n) is 4.30. The molecule has 0 amide bonds. The van der Waals surface area contributed by atoms with Gasteiger partial charge in [-0.25, -0.2) is 13.4 Å². The Hall–Kier alpha value is -2.86. The molecule has 2 aliphatic rings. The smallest absolute Gasteiger partial charge is 0.229 e. The van der Waals surface area contributed by atoms with E-state index in [0.717, 1.165) is 60.3 Å². The number of sulfone groups is 1. The van der Waals surface area contributed by atoms with Gasteiger partial charge in [-0.1, -0.05) is 23.2 Å². The summed E-state index contributed by atoms with van der Waals surface area (Å²) in [5, 5.41) is 11.3. The van der Waals surface area contributed by atoms with E-state index in [1.165, 1.54) is 10.9 Å². The molecule has 10 nitrogen and oxygen atoms in total. The van der Waals surface area contributed by atoms with Crippen molar-refractivity contribution in [3.05, 3.63) is 45.7 Å². The Morgan fingerprint density at radius 1 is 1.13 bits per heavy atom. The van der Waals surface area contributed by atoms with Crippen LogP contribution in [0.5, 0.6) is 5.75 Å². The van der Waals surface area contributed by atoms with Crippen LogP contribution in [0.3, 0.4) is 0 Å². The Kier molecular flexibility index (Phi) is 7.29. The van der Waals surface area contributed by atoms with Gasteiger partial charge in [-0.05, 0) is 62.1 Å². The number of nitrogens with zero attached hydrogens (tertiary/aromatic N) is 5. The van der Waals surface area contributed by atoms with E-state index in [0.29, 0.717) is 11.4 Å². The zero-order valence-electron chi connectivity index (χ0n) is 21.5. The van der Waals surface area contributed by atoms with E-state index in [2.05, 4.69) is 37.6 Å². The monoisotopic (exact) mass is 577 g/mol. The zero-order valence-corrected chi connectivity index (χ0v) is 23.9. The van der Waals surface area contributed by atoms with Crippen molar-refractivity contribution in [3.63, 3.8) is 0 Å². The standard InChI is InChI=1S/C25H29Cl2N7O3S/c1-14-9-20(22(37-15-5-6-15)10-17(14)16-7-8-33(2)12-19(16)27)30-25-28-11-18(26)23(31-25)29-21-13-34(3)32-24(21)38(4,35)36/h9-11,13,15H,5-8,12H2,1-4H3,(H2,28,29,30,31). The van der Waals surface area contributed by atoms with E-state index < -0.39 is 9.84 Å². The van der Waals surface area contributed by atoms with Crippen LogP contribution >= 0.6 is 23.2 Å². The minimum Gasteiger partial charge on any atom is -0.488 e. The van der Waals surface area contributed by atoms with E-state index in [9.17, 15) is 8.42 Å². The quantitative estimate of drug-likeness (QED) is 0.386. The van der Waals surface area contributed by atoms with E-state index in [4.69, 9.17) is 27.9 Å². The highest BCUT2D eigenvalue weighted by Crippen LogP contribution is 2.40. The number of nitrogens with one attached hydrogen (secondary N) is 2. The van der Waals surface area contributed by atoms with Crippen LogP contribution in [-0.2, 0) is 16.9 Å². The number of hydrogen-bond donors (Lipinski definition) is 2. The summed E-state index contributed by atoms with van der Waals surface area (Å²) < 4.78 is 32.0. The second kappa shape index (κ2) is 10.4. The number of hydrogen-bond acceptors (Lipinski definition) is 9. The molecule has 5 rings (SSSR count). The predicted molar refractivity (Wildman–Crippen MR) is 150 cm³/mol. The summed E-state index contributed by atoms with van der Waals surface area (Å²) in [6.07, 6.45) is 7.15. The van der Waals surface area contributed by atoms with Gasteiger partial charge in [0.1, 0.15) is 10.8 Å². The Labute approximate surface area is 231 Å². The fraction of sp³-hybridized carbons (Fsp3) is 0.400. The molecule has 1 saturated carbocycles. The van der Waals surface area contributed by atoms with Crippen molar-refractivity contribution in [2.24, 2.45) is 7.05 Å². The minimum absolute atomic E-state index is 0.0996. The molecule has 0 radical (unpaired) electrons. The van der Waals surface area contributed by atoms with Crippen molar-refractivity contribution in [3.8, 4) is 5.75 Å². The third-order valence-electron chi connectivity index (χ3n) is 6.34. The van der Waals surface area contributed by atoms with Crippen LogP contribution in [0.25, 0.3) is 5.57 Å². The molecule has 3 aromatic rings. The lowest BCUT2D eigenvalue weighted by Gasteiger charge is -2.26. The summed E-state index contributed by atoms with van der Waals surface area (Å²) in [7, 11) is 0.128. The van der Waals surface area contributed by atoms with E-state index in [-0.39, 0.29) is 33.6 Å². The van der Waals surface area contributed by atoms with E-state index >= 15 is 0 Å². The molecule has 1 aliphatic carbocycles. The first kappa shape index (κ1) is 26.7. The minimum atomic E-state index is -3.57. The van der Waals surface area contributed by atoms with Crippen molar-refractivity contribution >= 4 is 61.8 Å². The van der Waals surface area contributed by atoms with Crippen molar-refractivity contribution in [1.82, 2.24) is 24.6 Å². The molecule has 2 aromatic heterocycles. The number of benzene rings is 1. The normalized spacial score (nSPS) is 16.6. The molecule has 0 atom stereocenters.